The zero-order chi connectivity index (χ0) is 17.3. The molecule has 3 rings (SSSR count). The standard InChI is InChI=1S/C16H8BrF3N2OS/c17-9-3-1-8(2-4-9)12-7-24-16(21-12)22-15(23)10-5-6-11(18)14(20)13(10)19/h1-7H,(H,21,22,23). The number of carbonyl (C=O) groups excluding carboxylic acids is 1. The lowest BCUT2D eigenvalue weighted by molar-refractivity contribution is 0.102. The first-order chi connectivity index (χ1) is 11.5. The molecule has 1 aromatic heterocycles. The lowest BCUT2D eigenvalue weighted by Crippen LogP contribution is -2.15. The van der Waals surface area contributed by atoms with Crippen molar-refractivity contribution >= 4 is 38.3 Å². The van der Waals surface area contributed by atoms with Gasteiger partial charge in [-0.2, -0.15) is 0 Å². The van der Waals surface area contributed by atoms with Crippen LogP contribution in [0.25, 0.3) is 11.3 Å². The number of halogens is 4. The Morgan fingerprint density at radius 3 is 2.46 bits per heavy atom. The first kappa shape index (κ1) is 16.7. The minimum Gasteiger partial charge on any atom is -0.298 e. The van der Waals surface area contributed by atoms with Crippen molar-refractivity contribution in [2.75, 3.05) is 5.32 Å². The van der Waals surface area contributed by atoms with Crippen molar-refractivity contribution in [3.05, 3.63) is 69.3 Å². The summed E-state index contributed by atoms with van der Waals surface area (Å²) >= 11 is 4.47. The van der Waals surface area contributed by atoms with E-state index in [1.165, 1.54) is 0 Å². The number of anilines is 1. The highest BCUT2D eigenvalue weighted by Gasteiger charge is 2.19. The van der Waals surface area contributed by atoms with Gasteiger partial charge in [0.15, 0.2) is 22.6 Å². The van der Waals surface area contributed by atoms with Crippen LogP contribution in [0, 0.1) is 17.5 Å². The average Bonchev–Trinajstić information content (AvgIpc) is 3.01. The molecule has 0 saturated carbocycles. The summed E-state index contributed by atoms with van der Waals surface area (Å²) in [4.78, 5) is 16.2. The van der Waals surface area contributed by atoms with E-state index in [1.54, 1.807) is 5.38 Å². The Balaban J connectivity index is 1.81. The molecule has 0 radical (unpaired) electrons. The van der Waals surface area contributed by atoms with Crippen LogP contribution in [0.5, 0.6) is 0 Å². The minimum absolute atomic E-state index is 0.224. The fraction of sp³-hybridized carbons (Fsp3) is 0. The molecule has 24 heavy (non-hydrogen) atoms. The molecule has 122 valence electrons. The highest BCUT2D eigenvalue weighted by molar-refractivity contribution is 9.10. The first-order valence-corrected chi connectivity index (χ1v) is 8.29. The van der Waals surface area contributed by atoms with Crippen LogP contribution < -0.4 is 5.32 Å². The predicted octanol–water partition coefficient (Wildman–Crippen LogP) is 5.24. The average molecular weight is 413 g/mol. The van der Waals surface area contributed by atoms with Crippen molar-refractivity contribution in [1.82, 2.24) is 4.98 Å². The number of aromatic nitrogens is 1. The van der Waals surface area contributed by atoms with Gasteiger partial charge in [0.1, 0.15) is 0 Å². The van der Waals surface area contributed by atoms with Gasteiger partial charge in [0.2, 0.25) is 0 Å². The lowest BCUT2D eigenvalue weighted by atomic mass is 10.2. The van der Waals surface area contributed by atoms with E-state index >= 15 is 0 Å². The number of nitrogens with zero attached hydrogens (tertiary/aromatic N) is 1. The number of carbonyl (C=O) groups is 1. The van der Waals surface area contributed by atoms with Crippen LogP contribution in [-0.4, -0.2) is 10.9 Å². The van der Waals surface area contributed by atoms with Crippen molar-refractivity contribution in [3.8, 4) is 11.3 Å². The largest absolute Gasteiger partial charge is 0.298 e. The van der Waals surface area contributed by atoms with E-state index in [9.17, 15) is 18.0 Å². The SMILES string of the molecule is O=C(Nc1nc(-c2ccc(Br)cc2)cs1)c1ccc(F)c(F)c1F. The van der Waals surface area contributed by atoms with Crippen LogP contribution in [0.2, 0.25) is 0 Å². The summed E-state index contributed by atoms with van der Waals surface area (Å²) in [5.74, 6) is -5.46. The van der Waals surface area contributed by atoms with Crippen LogP contribution in [0.4, 0.5) is 18.3 Å². The summed E-state index contributed by atoms with van der Waals surface area (Å²) in [6.45, 7) is 0. The molecule has 0 aliphatic rings. The molecule has 0 saturated heterocycles. The first-order valence-electron chi connectivity index (χ1n) is 6.62. The molecule has 0 unspecified atom stereocenters. The molecule has 0 spiro atoms. The molecular weight excluding hydrogens is 405 g/mol. The van der Waals surface area contributed by atoms with E-state index in [-0.39, 0.29) is 5.13 Å². The maximum atomic E-state index is 13.6. The second-order valence-electron chi connectivity index (χ2n) is 4.72. The Kier molecular flexibility index (Phi) is 4.68. The highest BCUT2D eigenvalue weighted by atomic mass is 79.9. The number of benzene rings is 2. The van der Waals surface area contributed by atoms with Gasteiger partial charge in [-0.1, -0.05) is 28.1 Å². The van der Waals surface area contributed by atoms with Crippen LogP contribution in [-0.2, 0) is 0 Å². The van der Waals surface area contributed by atoms with E-state index in [0.717, 1.165) is 27.4 Å². The molecule has 0 aliphatic carbocycles. The summed E-state index contributed by atoms with van der Waals surface area (Å²) in [5.41, 5.74) is 0.886. The smallest absolute Gasteiger partial charge is 0.260 e. The second-order valence-corrected chi connectivity index (χ2v) is 6.50. The molecule has 1 N–H and O–H groups in total. The van der Waals surface area contributed by atoms with Crippen molar-refractivity contribution in [2.24, 2.45) is 0 Å². The van der Waals surface area contributed by atoms with E-state index < -0.39 is 28.9 Å². The lowest BCUT2D eigenvalue weighted by Gasteiger charge is -2.04. The van der Waals surface area contributed by atoms with Crippen molar-refractivity contribution in [2.45, 2.75) is 0 Å². The third-order valence-corrected chi connectivity index (χ3v) is 4.43. The van der Waals surface area contributed by atoms with Crippen molar-refractivity contribution < 1.29 is 18.0 Å². The summed E-state index contributed by atoms with van der Waals surface area (Å²) < 4.78 is 40.7. The van der Waals surface area contributed by atoms with E-state index in [0.29, 0.717) is 11.8 Å². The number of thiazole rings is 1. The molecule has 0 fully saturated rings. The summed E-state index contributed by atoms with van der Waals surface area (Å²) in [7, 11) is 0. The molecule has 3 nitrogen and oxygen atoms in total. The monoisotopic (exact) mass is 412 g/mol. The van der Waals surface area contributed by atoms with Crippen LogP contribution in [0.15, 0.2) is 46.3 Å². The maximum Gasteiger partial charge on any atom is 0.260 e. The van der Waals surface area contributed by atoms with Gasteiger partial charge in [-0.25, -0.2) is 18.2 Å². The van der Waals surface area contributed by atoms with Gasteiger partial charge in [0.05, 0.1) is 11.3 Å². The molecule has 2 aromatic carbocycles. The number of hydrogen-bond acceptors (Lipinski definition) is 3. The Hall–Kier alpha value is -2.19. The Morgan fingerprint density at radius 2 is 1.75 bits per heavy atom. The fourth-order valence-corrected chi connectivity index (χ4v) is 2.93. The molecule has 0 bridgehead atoms. The summed E-state index contributed by atoms with van der Waals surface area (Å²) in [6, 6.07) is 8.97. The van der Waals surface area contributed by atoms with Gasteiger partial charge < -0.3 is 0 Å². The van der Waals surface area contributed by atoms with Crippen LogP contribution in [0.3, 0.4) is 0 Å². The molecule has 1 heterocycles. The normalized spacial score (nSPS) is 10.7. The molecule has 1 amide bonds. The predicted molar refractivity (Wildman–Crippen MR) is 89.5 cm³/mol. The van der Waals surface area contributed by atoms with Crippen LogP contribution in [0.1, 0.15) is 10.4 Å². The number of hydrogen-bond donors (Lipinski definition) is 1. The fourth-order valence-electron chi connectivity index (χ4n) is 1.95. The maximum absolute atomic E-state index is 13.6. The molecular formula is C16H8BrF3N2OS. The van der Waals surface area contributed by atoms with Gasteiger partial charge in [0.25, 0.3) is 5.91 Å². The van der Waals surface area contributed by atoms with E-state index in [1.807, 2.05) is 24.3 Å². The van der Waals surface area contributed by atoms with Gasteiger partial charge in [-0.15, -0.1) is 11.3 Å². The number of rotatable bonds is 3. The van der Waals surface area contributed by atoms with Gasteiger partial charge in [0, 0.05) is 15.4 Å². The van der Waals surface area contributed by atoms with Gasteiger partial charge >= 0.3 is 0 Å². The minimum atomic E-state index is -1.68. The van der Waals surface area contributed by atoms with Crippen molar-refractivity contribution in [1.29, 1.82) is 0 Å². The third-order valence-electron chi connectivity index (χ3n) is 3.14. The molecule has 0 aliphatic heterocycles. The second kappa shape index (κ2) is 6.74. The zero-order valence-electron chi connectivity index (χ0n) is 11.8. The Bertz CT molecular complexity index is 912. The molecule has 0 atom stereocenters. The Morgan fingerprint density at radius 1 is 1.04 bits per heavy atom. The van der Waals surface area contributed by atoms with Gasteiger partial charge in [-0.05, 0) is 24.3 Å². The molecule has 8 heteroatoms. The van der Waals surface area contributed by atoms with E-state index in [2.05, 4.69) is 26.2 Å². The molecule has 3 aromatic rings. The topological polar surface area (TPSA) is 42.0 Å². The third kappa shape index (κ3) is 3.34. The quantitative estimate of drug-likeness (QED) is 0.597. The van der Waals surface area contributed by atoms with Crippen LogP contribution >= 0.6 is 27.3 Å². The zero-order valence-corrected chi connectivity index (χ0v) is 14.2. The summed E-state index contributed by atoms with van der Waals surface area (Å²) in [6.07, 6.45) is 0. The highest BCUT2D eigenvalue weighted by Crippen LogP contribution is 2.26. The van der Waals surface area contributed by atoms with Crippen molar-refractivity contribution in [3.63, 3.8) is 0 Å². The van der Waals surface area contributed by atoms with Gasteiger partial charge in [-0.3, -0.25) is 10.1 Å². The Labute approximate surface area is 147 Å². The van der Waals surface area contributed by atoms with E-state index in [4.69, 9.17) is 0 Å². The number of nitrogens with one attached hydrogen (secondary N) is 1. The number of amides is 1. The summed E-state index contributed by atoms with van der Waals surface area (Å²) in [5, 5.41) is 4.32.